The van der Waals surface area contributed by atoms with Crippen LogP contribution in [0.4, 0.5) is 11.4 Å². The van der Waals surface area contributed by atoms with Crippen molar-refractivity contribution < 1.29 is 9.59 Å². The van der Waals surface area contributed by atoms with Gasteiger partial charge in [-0.25, -0.2) is 0 Å². The van der Waals surface area contributed by atoms with Crippen molar-refractivity contribution >= 4 is 35.6 Å². The van der Waals surface area contributed by atoms with E-state index in [2.05, 4.69) is 20.9 Å². The second-order valence-corrected chi connectivity index (χ2v) is 6.80. The summed E-state index contributed by atoms with van der Waals surface area (Å²) in [5, 5.41) is 8.89. The maximum Gasteiger partial charge on any atom is 0.241 e. The molecule has 0 spiro atoms. The van der Waals surface area contributed by atoms with Crippen LogP contribution in [-0.4, -0.2) is 49.4 Å². The van der Waals surface area contributed by atoms with Crippen molar-refractivity contribution in [2.24, 2.45) is 5.92 Å². The lowest BCUT2D eigenvalue weighted by molar-refractivity contribution is -0.121. The van der Waals surface area contributed by atoms with Gasteiger partial charge >= 0.3 is 0 Å². The first-order valence-electron chi connectivity index (χ1n) is 9.06. The number of carbonyl (C=O) groups is 2. The Morgan fingerprint density at radius 2 is 1.81 bits per heavy atom. The number of nitrogens with zero attached hydrogens (tertiary/aromatic N) is 1. The molecule has 1 heterocycles. The zero-order valence-corrected chi connectivity index (χ0v) is 16.7. The standard InChI is InChI=1S/C19H30N4O2.ClH/c1-14(23-11-8-16(9-12-23)7-10-20-3)19(25)22-18-6-4-5-17(13-18)21-15(2)24;/h4-6,13-14,16,20H,7-12H2,1-3H3,(H,21,24)(H,22,25);1H. The zero-order valence-electron chi connectivity index (χ0n) is 15.9. The molecule has 2 amide bonds. The van der Waals surface area contributed by atoms with Crippen LogP contribution in [0.25, 0.3) is 0 Å². The van der Waals surface area contributed by atoms with Crippen LogP contribution < -0.4 is 16.0 Å². The van der Waals surface area contributed by atoms with E-state index >= 15 is 0 Å². The molecule has 0 aliphatic carbocycles. The lowest BCUT2D eigenvalue weighted by atomic mass is 9.93. The van der Waals surface area contributed by atoms with E-state index in [0.717, 1.165) is 38.4 Å². The van der Waals surface area contributed by atoms with Gasteiger partial charge in [-0.05, 0) is 77.0 Å². The Hall–Kier alpha value is -1.63. The number of rotatable bonds is 7. The monoisotopic (exact) mass is 382 g/mol. The first-order chi connectivity index (χ1) is 12.0. The minimum atomic E-state index is -0.158. The van der Waals surface area contributed by atoms with E-state index in [0.29, 0.717) is 11.4 Å². The summed E-state index contributed by atoms with van der Waals surface area (Å²) in [6.07, 6.45) is 3.51. The van der Waals surface area contributed by atoms with Crippen LogP contribution in [0.3, 0.4) is 0 Å². The summed E-state index contributed by atoms with van der Waals surface area (Å²) in [4.78, 5) is 25.9. The molecular weight excluding hydrogens is 352 g/mol. The van der Waals surface area contributed by atoms with Gasteiger partial charge in [-0.3, -0.25) is 14.5 Å². The fraction of sp³-hybridized carbons (Fsp3) is 0.579. The normalized spacial score (nSPS) is 16.4. The Kier molecular flexibility index (Phi) is 9.62. The van der Waals surface area contributed by atoms with Crippen molar-refractivity contribution in [2.75, 3.05) is 37.3 Å². The number of anilines is 2. The highest BCUT2D eigenvalue weighted by molar-refractivity contribution is 5.96. The van der Waals surface area contributed by atoms with Gasteiger partial charge in [0.1, 0.15) is 0 Å². The Balaban J connectivity index is 0.00000338. The number of halogens is 1. The predicted molar refractivity (Wildman–Crippen MR) is 109 cm³/mol. The van der Waals surface area contributed by atoms with Gasteiger partial charge in [0.2, 0.25) is 11.8 Å². The minimum absolute atomic E-state index is 0. The molecule has 1 atom stereocenters. The smallest absolute Gasteiger partial charge is 0.241 e. The molecule has 0 radical (unpaired) electrons. The number of carbonyl (C=O) groups excluding carboxylic acids is 2. The molecule has 0 bridgehead atoms. The van der Waals surface area contributed by atoms with E-state index < -0.39 is 0 Å². The Labute approximate surface area is 162 Å². The highest BCUT2D eigenvalue weighted by Crippen LogP contribution is 2.22. The maximum atomic E-state index is 12.5. The van der Waals surface area contributed by atoms with Gasteiger partial charge < -0.3 is 16.0 Å². The summed E-state index contributed by atoms with van der Waals surface area (Å²) in [6, 6.07) is 7.07. The van der Waals surface area contributed by atoms with E-state index in [9.17, 15) is 9.59 Å². The van der Waals surface area contributed by atoms with Gasteiger partial charge in [0.15, 0.2) is 0 Å². The number of benzene rings is 1. The number of likely N-dealkylation sites (tertiary alicyclic amines) is 1. The molecule has 1 aliphatic heterocycles. The summed E-state index contributed by atoms with van der Waals surface area (Å²) in [5.74, 6) is 0.625. The van der Waals surface area contributed by atoms with Crippen molar-refractivity contribution in [1.82, 2.24) is 10.2 Å². The third-order valence-corrected chi connectivity index (χ3v) is 4.83. The molecular formula is C19H31ClN4O2. The van der Waals surface area contributed by atoms with Crippen LogP contribution in [-0.2, 0) is 9.59 Å². The molecule has 1 saturated heterocycles. The second kappa shape index (κ2) is 11.2. The van der Waals surface area contributed by atoms with Crippen molar-refractivity contribution in [3.05, 3.63) is 24.3 Å². The number of hydrogen-bond acceptors (Lipinski definition) is 4. The maximum absolute atomic E-state index is 12.5. The zero-order chi connectivity index (χ0) is 18.2. The molecule has 7 heteroatoms. The van der Waals surface area contributed by atoms with Gasteiger partial charge in [-0.2, -0.15) is 0 Å². The Morgan fingerprint density at radius 3 is 2.38 bits per heavy atom. The van der Waals surface area contributed by atoms with Crippen LogP contribution in [0.1, 0.15) is 33.1 Å². The average molecular weight is 383 g/mol. The summed E-state index contributed by atoms with van der Waals surface area (Å²) in [7, 11) is 1.99. The van der Waals surface area contributed by atoms with Crippen LogP contribution >= 0.6 is 12.4 Å². The molecule has 0 saturated carbocycles. The van der Waals surface area contributed by atoms with Crippen molar-refractivity contribution in [3.63, 3.8) is 0 Å². The molecule has 1 aromatic carbocycles. The summed E-state index contributed by atoms with van der Waals surface area (Å²) >= 11 is 0. The van der Waals surface area contributed by atoms with Crippen molar-refractivity contribution in [3.8, 4) is 0 Å². The molecule has 1 fully saturated rings. The highest BCUT2D eigenvalue weighted by Gasteiger charge is 2.26. The molecule has 1 unspecified atom stereocenters. The summed E-state index contributed by atoms with van der Waals surface area (Å²) < 4.78 is 0. The predicted octanol–water partition coefficient (Wildman–Crippen LogP) is 2.72. The lowest BCUT2D eigenvalue weighted by Crippen LogP contribution is -2.46. The van der Waals surface area contributed by atoms with E-state index in [4.69, 9.17) is 0 Å². The summed E-state index contributed by atoms with van der Waals surface area (Å²) in [6.45, 7) is 6.42. The topological polar surface area (TPSA) is 73.5 Å². The van der Waals surface area contributed by atoms with E-state index in [1.165, 1.54) is 13.3 Å². The largest absolute Gasteiger partial charge is 0.326 e. The molecule has 146 valence electrons. The van der Waals surface area contributed by atoms with Gasteiger partial charge in [0, 0.05) is 18.3 Å². The molecule has 2 rings (SSSR count). The van der Waals surface area contributed by atoms with E-state index in [-0.39, 0.29) is 30.3 Å². The Bertz CT molecular complexity index is 589. The first-order valence-corrected chi connectivity index (χ1v) is 9.06. The second-order valence-electron chi connectivity index (χ2n) is 6.80. The average Bonchev–Trinajstić information content (AvgIpc) is 2.59. The molecule has 1 aromatic rings. The molecule has 26 heavy (non-hydrogen) atoms. The number of amides is 2. The molecule has 6 nitrogen and oxygen atoms in total. The van der Waals surface area contributed by atoms with Gasteiger partial charge in [0.25, 0.3) is 0 Å². The van der Waals surface area contributed by atoms with Crippen LogP contribution in [0.5, 0.6) is 0 Å². The number of nitrogens with one attached hydrogen (secondary N) is 3. The molecule has 0 aromatic heterocycles. The van der Waals surface area contributed by atoms with Crippen LogP contribution in [0.2, 0.25) is 0 Å². The highest BCUT2D eigenvalue weighted by atomic mass is 35.5. The summed E-state index contributed by atoms with van der Waals surface area (Å²) in [5.41, 5.74) is 1.38. The minimum Gasteiger partial charge on any atom is -0.326 e. The fourth-order valence-electron chi connectivity index (χ4n) is 3.27. The molecule has 3 N–H and O–H groups in total. The van der Waals surface area contributed by atoms with E-state index in [1.807, 2.05) is 26.1 Å². The number of hydrogen-bond donors (Lipinski definition) is 3. The quantitative estimate of drug-likeness (QED) is 0.678. The molecule has 1 aliphatic rings. The SMILES string of the molecule is CNCCC1CCN(C(C)C(=O)Nc2cccc(NC(C)=O)c2)CC1.Cl. The Morgan fingerprint density at radius 1 is 1.19 bits per heavy atom. The fourth-order valence-corrected chi connectivity index (χ4v) is 3.27. The van der Waals surface area contributed by atoms with E-state index in [1.54, 1.807) is 12.1 Å². The van der Waals surface area contributed by atoms with Crippen LogP contribution in [0.15, 0.2) is 24.3 Å². The number of piperidine rings is 1. The first kappa shape index (κ1) is 22.4. The third-order valence-electron chi connectivity index (χ3n) is 4.83. The van der Waals surface area contributed by atoms with Crippen LogP contribution in [0, 0.1) is 5.92 Å². The third kappa shape index (κ3) is 6.94. The van der Waals surface area contributed by atoms with Crippen molar-refractivity contribution in [1.29, 1.82) is 0 Å². The van der Waals surface area contributed by atoms with Gasteiger partial charge in [-0.1, -0.05) is 6.07 Å². The van der Waals surface area contributed by atoms with Gasteiger partial charge in [-0.15, -0.1) is 12.4 Å². The van der Waals surface area contributed by atoms with Crippen molar-refractivity contribution in [2.45, 2.75) is 39.2 Å². The van der Waals surface area contributed by atoms with Gasteiger partial charge in [0.05, 0.1) is 6.04 Å². The lowest BCUT2D eigenvalue weighted by Gasteiger charge is -2.35.